The van der Waals surface area contributed by atoms with Crippen LogP contribution in [0.25, 0.3) is 10.9 Å². The van der Waals surface area contributed by atoms with Gasteiger partial charge in [-0.1, -0.05) is 11.6 Å². The first-order valence-electron chi connectivity index (χ1n) is 9.64. The summed E-state index contributed by atoms with van der Waals surface area (Å²) in [6.07, 6.45) is 1.17. The highest BCUT2D eigenvalue weighted by Gasteiger charge is 2.24. The number of H-pyrrole nitrogens is 1. The van der Waals surface area contributed by atoms with Crippen molar-refractivity contribution in [1.29, 1.82) is 0 Å². The molecule has 1 aliphatic rings. The van der Waals surface area contributed by atoms with Gasteiger partial charge in [-0.05, 0) is 51.3 Å². The van der Waals surface area contributed by atoms with Gasteiger partial charge in [0.25, 0.3) is 0 Å². The van der Waals surface area contributed by atoms with Crippen LogP contribution in [0, 0.1) is 26.7 Å². The first-order chi connectivity index (χ1) is 12.5. The largest absolute Gasteiger partial charge is 0.384 e. The van der Waals surface area contributed by atoms with E-state index in [9.17, 15) is 0 Å². The summed E-state index contributed by atoms with van der Waals surface area (Å²) in [4.78, 5) is 10.9. The maximum Gasteiger partial charge on any atom is 0.194 e. The number of likely N-dealkylation sites (tertiary alicyclic amines) is 1. The van der Waals surface area contributed by atoms with E-state index in [0.717, 1.165) is 32.2 Å². The number of aromatic amines is 1. The van der Waals surface area contributed by atoms with Gasteiger partial charge in [-0.3, -0.25) is 0 Å². The summed E-state index contributed by atoms with van der Waals surface area (Å²) in [5.41, 5.74) is 6.35. The molecule has 2 heterocycles. The molecule has 1 fully saturated rings. The van der Waals surface area contributed by atoms with Crippen molar-refractivity contribution in [2.45, 2.75) is 40.7 Å². The molecule has 1 aromatic heterocycles. The lowest BCUT2D eigenvalue weighted by molar-refractivity contribution is 0.157. The van der Waals surface area contributed by atoms with Gasteiger partial charge in [0, 0.05) is 43.7 Å². The second-order valence-electron chi connectivity index (χ2n) is 7.45. The van der Waals surface area contributed by atoms with Crippen LogP contribution in [0.2, 0.25) is 0 Å². The molecule has 26 heavy (non-hydrogen) atoms. The molecule has 0 amide bonds. The van der Waals surface area contributed by atoms with E-state index in [1.165, 1.54) is 39.7 Å². The average molecular weight is 357 g/mol. The number of hydrogen-bond donors (Lipinski definition) is 2. The number of aryl methyl sites for hydroxylation is 3. The number of guanidine groups is 1. The van der Waals surface area contributed by atoms with E-state index in [-0.39, 0.29) is 0 Å². The molecule has 3 rings (SSSR count). The number of aliphatic imine (C=N–C) groups is 1. The van der Waals surface area contributed by atoms with Crippen molar-refractivity contribution in [3.05, 3.63) is 34.5 Å². The van der Waals surface area contributed by atoms with Gasteiger partial charge in [-0.2, -0.15) is 0 Å². The zero-order valence-electron chi connectivity index (χ0n) is 16.8. The maximum atomic E-state index is 5.33. The quantitative estimate of drug-likeness (QED) is 0.636. The summed E-state index contributed by atoms with van der Waals surface area (Å²) in [6.45, 7) is 13.1. The molecular weight excluding hydrogens is 324 g/mol. The molecule has 5 nitrogen and oxygen atoms in total. The minimum atomic E-state index is 0.600. The Bertz CT molecular complexity index is 793. The molecule has 2 aromatic rings. The lowest BCUT2D eigenvalue weighted by Crippen LogP contribution is -2.40. The van der Waals surface area contributed by atoms with E-state index < -0.39 is 0 Å². The summed E-state index contributed by atoms with van der Waals surface area (Å²) in [5, 5.41) is 4.78. The summed E-state index contributed by atoms with van der Waals surface area (Å²) in [6, 6.07) is 4.52. The molecule has 2 N–H and O–H groups in total. The second kappa shape index (κ2) is 8.12. The first kappa shape index (κ1) is 18.8. The number of benzene rings is 1. The molecule has 142 valence electrons. The minimum Gasteiger partial charge on any atom is -0.384 e. The van der Waals surface area contributed by atoms with E-state index >= 15 is 0 Å². The lowest BCUT2D eigenvalue weighted by Gasteiger charge is -2.21. The first-order valence-corrected chi connectivity index (χ1v) is 9.64. The maximum absolute atomic E-state index is 5.33. The molecule has 1 aromatic carbocycles. The highest BCUT2D eigenvalue weighted by Crippen LogP contribution is 2.26. The predicted molar refractivity (Wildman–Crippen MR) is 109 cm³/mol. The van der Waals surface area contributed by atoms with Gasteiger partial charge < -0.3 is 19.9 Å². The van der Waals surface area contributed by atoms with Crippen molar-refractivity contribution in [1.82, 2.24) is 15.2 Å². The Balaban J connectivity index is 1.84. The average Bonchev–Trinajstić information content (AvgIpc) is 3.18. The zero-order valence-corrected chi connectivity index (χ0v) is 16.8. The van der Waals surface area contributed by atoms with Crippen LogP contribution in [0.1, 0.15) is 35.7 Å². The standard InChI is InChI=1S/C21H32N4O/c1-6-22-21(25-8-7-17(12-25)13-26-5)23-11-18-9-14(2)10-19-15(3)16(4)24-20(18)19/h9-10,17,24H,6-8,11-13H2,1-5H3,(H,22,23). The van der Waals surface area contributed by atoms with E-state index in [4.69, 9.17) is 9.73 Å². The fourth-order valence-corrected chi connectivity index (χ4v) is 3.90. The second-order valence-corrected chi connectivity index (χ2v) is 7.45. The van der Waals surface area contributed by atoms with Crippen LogP contribution in [0.4, 0.5) is 0 Å². The summed E-state index contributed by atoms with van der Waals surface area (Å²) >= 11 is 0. The van der Waals surface area contributed by atoms with Crippen molar-refractivity contribution in [2.24, 2.45) is 10.9 Å². The SMILES string of the molecule is CCNC(=NCc1cc(C)cc2c(C)c(C)[nH]c12)N1CCC(COC)C1. The third-order valence-electron chi connectivity index (χ3n) is 5.37. The number of aromatic nitrogens is 1. The van der Waals surface area contributed by atoms with Crippen LogP contribution in [0.3, 0.4) is 0 Å². The molecule has 5 heteroatoms. The number of hydrogen-bond acceptors (Lipinski definition) is 2. The van der Waals surface area contributed by atoms with Gasteiger partial charge in [0.05, 0.1) is 18.7 Å². The Morgan fingerprint density at radius 1 is 1.35 bits per heavy atom. The highest BCUT2D eigenvalue weighted by molar-refractivity contribution is 5.88. The Morgan fingerprint density at radius 3 is 2.88 bits per heavy atom. The molecule has 0 saturated carbocycles. The third-order valence-corrected chi connectivity index (χ3v) is 5.37. The summed E-state index contributed by atoms with van der Waals surface area (Å²) in [5.74, 6) is 1.61. The van der Waals surface area contributed by atoms with Crippen LogP contribution in [0.15, 0.2) is 17.1 Å². The van der Waals surface area contributed by atoms with Crippen molar-refractivity contribution in [2.75, 3.05) is 33.4 Å². The van der Waals surface area contributed by atoms with Gasteiger partial charge in [0.15, 0.2) is 5.96 Å². The molecule has 1 unspecified atom stereocenters. The van der Waals surface area contributed by atoms with Gasteiger partial charge >= 0.3 is 0 Å². The fourth-order valence-electron chi connectivity index (χ4n) is 3.90. The lowest BCUT2D eigenvalue weighted by atomic mass is 10.0. The Hall–Kier alpha value is -2.01. The number of rotatable bonds is 5. The van der Waals surface area contributed by atoms with Gasteiger partial charge in [-0.25, -0.2) is 4.99 Å². The molecule has 1 saturated heterocycles. The molecule has 0 spiro atoms. The molecule has 0 radical (unpaired) electrons. The van der Waals surface area contributed by atoms with Crippen LogP contribution < -0.4 is 5.32 Å². The molecule has 1 aliphatic heterocycles. The number of methoxy groups -OCH3 is 1. The summed E-state index contributed by atoms with van der Waals surface area (Å²) in [7, 11) is 1.78. The van der Waals surface area contributed by atoms with Gasteiger partial charge in [-0.15, -0.1) is 0 Å². The van der Waals surface area contributed by atoms with Crippen molar-refractivity contribution >= 4 is 16.9 Å². The summed E-state index contributed by atoms with van der Waals surface area (Å²) < 4.78 is 5.33. The Kier molecular flexibility index (Phi) is 5.87. The fraction of sp³-hybridized carbons (Fsp3) is 0.571. The Labute approximate surface area is 156 Å². The van der Waals surface area contributed by atoms with Gasteiger partial charge in [0.1, 0.15) is 0 Å². The van der Waals surface area contributed by atoms with Crippen molar-refractivity contribution < 1.29 is 4.74 Å². The minimum absolute atomic E-state index is 0.600. The molecule has 0 bridgehead atoms. The zero-order chi connectivity index (χ0) is 18.7. The van der Waals surface area contributed by atoms with Crippen LogP contribution in [-0.2, 0) is 11.3 Å². The Morgan fingerprint density at radius 2 is 2.15 bits per heavy atom. The topological polar surface area (TPSA) is 52.7 Å². The number of fused-ring (bicyclic) bond motifs is 1. The number of nitrogens with one attached hydrogen (secondary N) is 2. The smallest absolute Gasteiger partial charge is 0.194 e. The number of nitrogens with zero attached hydrogens (tertiary/aromatic N) is 2. The highest BCUT2D eigenvalue weighted by atomic mass is 16.5. The normalized spacial score (nSPS) is 18.1. The van der Waals surface area contributed by atoms with Crippen LogP contribution >= 0.6 is 0 Å². The van der Waals surface area contributed by atoms with E-state index in [1.807, 2.05) is 0 Å². The van der Waals surface area contributed by atoms with Gasteiger partial charge in [0.2, 0.25) is 0 Å². The van der Waals surface area contributed by atoms with Crippen LogP contribution in [-0.4, -0.2) is 49.2 Å². The van der Waals surface area contributed by atoms with Crippen molar-refractivity contribution in [3.63, 3.8) is 0 Å². The van der Waals surface area contributed by atoms with E-state index in [1.54, 1.807) is 7.11 Å². The van der Waals surface area contributed by atoms with E-state index in [0.29, 0.717) is 12.5 Å². The molecule has 0 aliphatic carbocycles. The van der Waals surface area contributed by atoms with Crippen LogP contribution in [0.5, 0.6) is 0 Å². The molecular formula is C21H32N4O. The number of ether oxygens (including phenoxy) is 1. The third kappa shape index (κ3) is 3.88. The van der Waals surface area contributed by atoms with E-state index in [2.05, 4.69) is 55.0 Å². The molecule has 1 atom stereocenters. The predicted octanol–water partition coefficient (Wildman–Crippen LogP) is 3.53. The monoisotopic (exact) mass is 356 g/mol. The van der Waals surface area contributed by atoms with Crippen molar-refractivity contribution in [3.8, 4) is 0 Å².